The number of rotatable bonds is 5. The van der Waals surface area contributed by atoms with E-state index in [-0.39, 0.29) is 24.4 Å². The Morgan fingerprint density at radius 2 is 2.14 bits per heavy atom. The molecule has 3 aliphatic rings. The van der Waals surface area contributed by atoms with Crippen LogP contribution in [0.2, 0.25) is 5.02 Å². The molecule has 2 aromatic heterocycles. The second-order valence-electron chi connectivity index (χ2n) is 9.87. The van der Waals surface area contributed by atoms with E-state index in [1.807, 2.05) is 0 Å². The quantitative estimate of drug-likeness (QED) is 0.580. The fraction of sp³-hybridized carbons (Fsp3) is 0.480. The van der Waals surface area contributed by atoms with Gasteiger partial charge in [-0.3, -0.25) is 9.69 Å². The van der Waals surface area contributed by atoms with E-state index in [4.69, 9.17) is 16.3 Å². The Hall–Kier alpha value is -2.75. The zero-order chi connectivity index (χ0) is 24.3. The molecule has 3 aliphatic heterocycles. The van der Waals surface area contributed by atoms with E-state index in [0.717, 1.165) is 30.5 Å². The van der Waals surface area contributed by atoms with Crippen molar-refractivity contribution in [1.29, 1.82) is 0 Å². The van der Waals surface area contributed by atoms with Gasteiger partial charge in [0.2, 0.25) is 0 Å². The normalized spacial score (nSPS) is 25.9. The van der Waals surface area contributed by atoms with Crippen LogP contribution in [0.25, 0.3) is 5.65 Å². The number of nitrogens with zero attached hydrogens (tertiary/aromatic N) is 5. The molecule has 4 atom stereocenters. The van der Waals surface area contributed by atoms with Crippen LogP contribution in [0.4, 0.5) is 4.39 Å². The van der Waals surface area contributed by atoms with Crippen molar-refractivity contribution in [2.75, 3.05) is 13.2 Å². The number of halogens is 2. The van der Waals surface area contributed by atoms with Crippen molar-refractivity contribution < 1.29 is 19.0 Å². The second kappa shape index (κ2) is 8.72. The zero-order valence-corrected chi connectivity index (χ0v) is 20.2. The number of piperidine rings is 1. The molecule has 2 fully saturated rings. The van der Waals surface area contributed by atoms with Gasteiger partial charge in [0.15, 0.2) is 5.65 Å². The molecule has 1 N–H and O–H groups in total. The SMILES string of the molecule is C[C@@H]1CC2CC(Oc3cc(F)ccc3C(=O)N3Cc4nn5cc(Cl)cnc5c4C3)CC1N2CCO. The van der Waals surface area contributed by atoms with E-state index in [1.165, 1.54) is 18.2 Å². The number of hydrogen-bond acceptors (Lipinski definition) is 6. The Morgan fingerprint density at radius 1 is 1.29 bits per heavy atom. The molecular formula is C25H27ClFN5O3. The van der Waals surface area contributed by atoms with Gasteiger partial charge < -0.3 is 14.7 Å². The van der Waals surface area contributed by atoms with E-state index in [2.05, 4.69) is 21.9 Å². The summed E-state index contributed by atoms with van der Waals surface area (Å²) in [5, 5.41) is 14.5. The summed E-state index contributed by atoms with van der Waals surface area (Å²) in [6.45, 7) is 3.74. The third-order valence-electron chi connectivity index (χ3n) is 7.66. The molecule has 0 spiro atoms. The van der Waals surface area contributed by atoms with Crippen LogP contribution in [-0.4, -0.2) is 66.8 Å². The molecule has 5 heterocycles. The van der Waals surface area contributed by atoms with Crippen LogP contribution in [0, 0.1) is 11.7 Å². The maximum absolute atomic E-state index is 14.2. The van der Waals surface area contributed by atoms with E-state index in [0.29, 0.717) is 53.9 Å². The van der Waals surface area contributed by atoms with Crippen molar-refractivity contribution >= 4 is 23.2 Å². The summed E-state index contributed by atoms with van der Waals surface area (Å²) in [5.41, 5.74) is 2.69. The highest BCUT2D eigenvalue weighted by atomic mass is 35.5. The molecule has 35 heavy (non-hydrogen) atoms. The van der Waals surface area contributed by atoms with Gasteiger partial charge in [0, 0.05) is 42.9 Å². The van der Waals surface area contributed by atoms with Gasteiger partial charge in [-0.05, 0) is 30.9 Å². The molecule has 0 aliphatic carbocycles. The maximum atomic E-state index is 14.2. The standard InChI is InChI=1S/C25H27ClFN5O3/c1-14-6-17-8-18(9-22(14)31(17)4-5-33)35-23-7-16(27)2-3-19(23)25(34)30-12-20-21(13-30)29-32-11-15(26)10-28-24(20)32/h2-3,7,10-11,14,17-18,22,33H,4-6,8-9,12-13H2,1H3/t14-,17?,18?,22?/m1/s1. The second-order valence-corrected chi connectivity index (χ2v) is 10.3. The first kappa shape index (κ1) is 22.7. The Morgan fingerprint density at radius 3 is 2.94 bits per heavy atom. The number of hydrogen-bond donors (Lipinski definition) is 1. The van der Waals surface area contributed by atoms with Gasteiger partial charge in [-0.15, -0.1) is 0 Å². The number of benzene rings is 1. The Bertz CT molecular complexity index is 1300. The number of amides is 1. The van der Waals surface area contributed by atoms with Gasteiger partial charge in [0.25, 0.3) is 5.91 Å². The van der Waals surface area contributed by atoms with E-state index in [1.54, 1.807) is 21.8 Å². The largest absolute Gasteiger partial charge is 0.489 e. The van der Waals surface area contributed by atoms with Crippen LogP contribution in [0.5, 0.6) is 5.75 Å². The number of ether oxygens (including phenoxy) is 1. The summed E-state index contributed by atoms with van der Waals surface area (Å²) in [7, 11) is 0. The highest BCUT2D eigenvalue weighted by molar-refractivity contribution is 6.30. The lowest BCUT2D eigenvalue weighted by molar-refractivity contribution is 0.0328. The number of aliphatic hydroxyl groups excluding tert-OH is 1. The van der Waals surface area contributed by atoms with Crippen molar-refractivity contribution in [3.63, 3.8) is 0 Å². The number of aliphatic hydroxyl groups is 1. The molecule has 8 nitrogen and oxygen atoms in total. The van der Waals surface area contributed by atoms with Crippen LogP contribution >= 0.6 is 11.6 Å². The summed E-state index contributed by atoms with van der Waals surface area (Å²) in [5.74, 6) is 0.138. The summed E-state index contributed by atoms with van der Waals surface area (Å²) in [6.07, 6.45) is 5.81. The molecule has 3 aromatic rings. The van der Waals surface area contributed by atoms with Crippen LogP contribution in [0.3, 0.4) is 0 Å². The number of fused-ring (bicyclic) bond motifs is 5. The Kier molecular flexibility index (Phi) is 5.66. The molecule has 2 saturated heterocycles. The van der Waals surface area contributed by atoms with Crippen molar-refractivity contribution in [2.45, 2.75) is 57.5 Å². The predicted molar refractivity (Wildman–Crippen MR) is 127 cm³/mol. The minimum absolute atomic E-state index is 0.104. The molecule has 1 amide bonds. The van der Waals surface area contributed by atoms with E-state index < -0.39 is 5.82 Å². The first-order valence-electron chi connectivity index (χ1n) is 12.0. The maximum Gasteiger partial charge on any atom is 0.258 e. The first-order valence-corrected chi connectivity index (χ1v) is 12.4. The molecule has 0 radical (unpaired) electrons. The lowest BCUT2D eigenvalue weighted by Crippen LogP contribution is -2.48. The van der Waals surface area contributed by atoms with Gasteiger partial charge in [0.1, 0.15) is 17.7 Å². The first-order chi connectivity index (χ1) is 16.9. The van der Waals surface area contributed by atoms with Gasteiger partial charge in [-0.2, -0.15) is 5.10 Å². The summed E-state index contributed by atoms with van der Waals surface area (Å²) >= 11 is 6.02. The Labute approximate surface area is 207 Å². The molecule has 0 saturated carbocycles. The third-order valence-corrected chi connectivity index (χ3v) is 7.85. The van der Waals surface area contributed by atoms with Gasteiger partial charge >= 0.3 is 0 Å². The van der Waals surface area contributed by atoms with Crippen molar-refractivity contribution in [2.24, 2.45) is 5.92 Å². The number of aromatic nitrogens is 3. The van der Waals surface area contributed by atoms with Crippen LogP contribution in [-0.2, 0) is 13.1 Å². The molecule has 3 unspecified atom stereocenters. The lowest BCUT2D eigenvalue weighted by atomic mass is 9.97. The number of carbonyl (C=O) groups excluding carboxylic acids is 1. The zero-order valence-electron chi connectivity index (χ0n) is 19.4. The van der Waals surface area contributed by atoms with Crippen molar-refractivity contribution in [3.8, 4) is 5.75 Å². The van der Waals surface area contributed by atoms with Crippen molar-refractivity contribution in [1.82, 2.24) is 24.4 Å². The summed E-state index contributed by atoms with van der Waals surface area (Å²) in [4.78, 5) is 21.9. The molecule has 184 valence electrons. The molecule has 2 bridgehead atoms. The van der Waals surface area contributed by atoms with E-state index in [9.17, 15) is 14.3 Å². The van der Waals surface area contributed by atoms with Gasteiger partial charge in [-0.1, -0.05) is 18.5 Å². The number of carbonyl (C=O) groups is 1. The smallest absolute Gasteiger partial charge is 0.258 e. The average molecular weight is 500 g/mol. The fourth-order valence-corrected chi connectivity index (χ4v) is 6.27. The Balaban J connectivity index is 1.22. The molecule has 6 rings (SSSR count). The van der Waals surface area contributed by atoms with Gasteiger partial charge in [-0.25, -0.2) is 13.9 Å². The van der Waals surface area contributed by atoms with Crippen molar-refractivity contribution in [3.05, 3.63) is 58.3 Å². The third kappa shape index (κ3) is 3.95. The minimum atomic E-state index is -0.436. The fourth-order valence-electron chi connectivity index (χ4n) is 6.13. The predicted octanol–water partition coefficient (Wildman–Crippen LogP) is 3.29. The minimum Gasteiger partial charge on any atom is -0.489 e. The summed E-state index contributed by atoms with van der Waals surface area (Å²) < 4.78 is 22.2. The monoisotopic (exact) mass is 499 g/mol. The molecule has 10 heteroatoms. The van der Waals surface area contributed by atoms with E-state index >= 15 is 0 Å². The van der Waals surface area contributed by atoms with Crippen LogP contribution in [0.15, 0.2) is 30.6 Å². The topological polar surface area (TPSA) is 83.2 Å². The van der Waals surface area contributed by atoms with Gasteiger partial charge in [0.05, 0.1) is 42.2 Å². The molecular weight excluding hydrogens is 473 g/mol. The average Bonchev–Trinajstić information content (AvgIpc) is 3.42. The van der Waals surface area contributed by atoms with Crippen LogP contribution in [0.1, 0.15) is 47.8 Å². The molecule has 1 aromatic carbocycles. The van der Waals surface area contributed by atoms with Crippen LogP contribution < -0.4 is 4.74 Å². The summed E-state index contributed by atoms with van der Waals surface area (Å²) in [6, 6.07) is 4.77. The lowest BCUT2D eigenvalue weighted by Gasteiger charge is -2.39. The highest BCUT2D eigenvalue weighted by Crippen LogP contribution is 2.41. The highest BCUT2D eigenvalue weighted by Gasteiger charge is 2.45.